The molecule has 0 aliphatic carbocycles. The predicted molar refractivity (Wildman–Crippen MR) is 67.6 cm³/mol. The normalized spacial score (nSPS) is 12.4. The van der Waals surface area contributed by atoms with Crippen molar-refractivity contribution >= 4 is 23.9 Å². The summed E-state index contributed by atoms with van der Waals surface area (Å²) in [6, 6.07) is 3.88. The molecular weight excluding hydrogens is 280 g/mol. The first-order chi connectivity index (χ1) is 10.0. The average molecular weight is 290 g/mol. The van der Waals surface area contributed by atoms with Gasteiger partial charge in [0, 0.05) is 6.08 Å². The molecule has 0 bridgehead atoms. The van der Waals surface area contributed by atoms with Crippen LogP contribution in [0.5, 0.6) is 0 Å². The fourth-order valence-electron chi connectivity index (χ4n) is 1.63. The fraction of sp³-hybridized carbons (Fsp3) is 0.143. The molecule has 7 heteroatoms. The number of cyclic esters (lactones) is 2. The second kappa shape index (κ2) is 6.00. The Morgan fingerprint density at radius 1 is 1.10 bits per heavy atom. The number of esters is 4. The van der Waals surface area contributed by atoms with Crippen molar-refractivity contribution < 1.29 is 33.4 Å². The lowest BCUT2D eigenvalue weighted by atomic mass is 10.1. The summed E-state index contributed by atoms with van der Waals surface area (Å²) in [4.78, 5) is 45.1. The maximum atomic E-state index is 11.7. The second-order valence-electron chi connectivity index (χ2n) is 3.94. The lowest BCUT2D eigenvalue weighted by Crippen LogP contribution is -2.13. The first-order valence-corrected chi connectivity index (χ1v) is 5.90. The Morgan fingerprint density at radius 3 is 2.48 bits per heavy atom. The molecule has 1 aliphatic heterocycles. The van der Waals surface area contributed by atoms with E-state index in [1.54, 1.807) is 0 Å². The summed E-state index contributed by atoms with van der Waals surface area (Å²) in [5.41, 5.74) is 0.222. The monoisotopic (exact) mass is 290 g/mol. The van der Waals surface area contributed by atoms with Gasteiger partial charge in [-0.3, -0.25) is 0 Å². The van der Waals surface area contributed by atoms with Gasteiger partial charge in [0.25, 0.3) is 0 Å². The molecule has 0 atom stereocenters. The minimum absolute atomic E-state index is 0.0209. The van der Waals surface area contributed by atoms with Crippen LogP contribution in [0.2, 0.25) is 0 Å². The fourth-order valence-corrected chi connectivity index (χ4v) is 1.63. The maximum Gasteiger partial charge on any atom is 0.346 e. The van der Waals surface area contributed by atoms with Crippen LogP contribution in [-0.4, -0.2) is 37.1 Å². The van der Waals surface area contributed by atoms with Gasteiger partial charge in [0.1, 0.15) is 13.2 Å². The van der Waals surface area contributed by atoms with Crippen molar-refractivity contribution in [3.63, 3.8) is 0 Å². The first-order valence-electron chi connectivity index (χ1n) is 5.90. The Balaban J connectivity index is 1.96. The Bertz CT molecular complexity index is 645. The third-order valence-electron chi connectivity index (χ3n) is 2.61. The molecule has 0 aromatic heterocycles. The van der Waals surface area contributed by atoms with E-state index < -0.39 is 23.9 Å². The van der Waals surface area contributed by atoms with Crippen LogP contribution in [0.3, 0.4) is 0 Å². The molecule has 0 fully saturated rings. The van der Waals surface area contributed by atoms with Crippen LogP contribution in [0.4, 0.5) is 0 Å². The quantitative estimate of drug-likeness (QED) is 0.261. The molecule has 0 unspecified atom stereocenters. The molecule has 0 saturated carbocycles. The van der Waals surface area contributed by atoms with Gasteiger partial charge in [-0.25, -0.2) is 19.2 Å². The van der Waals surface area contributed by atoms with Crippen molar-refractivity contribution in [2.45, 2.75) is 0 Å². The highest BCUT2D eigenvalue weighted by Crippen LogP contribution is 2.21. The molecule has 1 aliphatic rings. The Hall–Kier alpha value is -2.96. The molecule has 21 heavy (non-hydrogen) atoms. The van der Waals surface area contributed by atoms with E-state index in [2.05, 4.69) is 16.1 Å². The Labute approximate surface area is 119 Å². The number of ether oxygens (including phenoxy) is 3. The predicted octanol–water partition coefficient (Wildman–Crippen LogP) is 0.883. The van der Waals surface area contributed by atoms with Crippen molar-refractivity contribution in [2.75, 3.05) is 13.2 Å². The molecule has 1 aromatic carbocycles. The van der Waals surface area contributed by atoms with Crippen LogP contribution in [0, 0.1) is 0 Å². The molecule has 1 heterocycles. The maximum absolute atomic E-state index is 11.7. The number of carbonyl (C=O) groups excluding carboxylic acids is 4. The van der Waals surface area contributed by atoms with Gasteiger partial charge in [-0.05, 0) is 18.2 Å². The molecule has 7 nitrogen and oxygen atoms in total. The summed E-state index contributed by atoms with van der Waals surface area (Å²) in [7, 11) is 0. The van der Waals surface area contributed by atoms with Crippen LogP contribution in [0.1, 0.15) is 31.1 Å². The smallest absolute Gasteiger partial charge is 0.346 e. The van der Waals surface area contributed by atoms with E-state index in [1.165, 1.54) is 18.2 Å². The van der Waals surface area contributed by atoms with E-state index in [4.69, 9.17) is 4.74 Å². The number of hydrogen-bond acceptors (Lipinski definition) is 7. The van der Waals surface area contributed by atoms with E-state index in [0.29, 0.717) is 0 Å². The van der Waals surface area contributed by atoms with Crippen molar-refractivity contribution in [1.29, 1.82) is 0 Å². The second-order valence-corrected chi connectivity index (χ2v) is 3.94. The first kappa shape index (κ1) is 14.4. The van der Waals surface area contributed by atoms with Gasteiger partial charge >= 0.3 is 23.9 Å². The van der Waals surface area contributed by atoms with Gasteiger partial charge in [-0.2, -0.15) is 0 Å². The average Bonchev–Trinajstić information content (AvgIpc) is 2.77. The summed E-state index contributed by atoms with van der Waals surface area (Å²) in [5, 5.41) is 0. The summed E-state index contributed by atoms with van der Waals surface area (Å²) in [6.45, 7) is 2.97. The largest absolute Gasteiger partial charge is 0.459 e. The van der Waals surface area contributed by atoms with Gasteiger partial charge in [-0.1, -0.05) is 6.58 Å². The summed E-state index contributed by atoms with van der Waals surface area (Å²) >= 11 is 0. The number of fused-ring (bicyclic) bond motifs is 1. The van der Waals surface area contributed by atoms with Crippen LogP contribution in [0.25, 0.3) is 0 Å². The Morgan fingerprint density at radius 2 is 1.76 bits per heavy atom. The highest BCUT2D eigenvalue weighted by atomic mass is 16.6. The number of carbonyl (C=O) groups is 4. The van der Waals surface area contributed by atoms with Gasteiger partial charge < -0.3 is 14.2 Å². The van der Waals surface area contributed by atoms with Gasteiger partial charge in [0.05, 0.1) is 16.7 Å². The topological polar surface area (TPSA) is 96.0 Å². The summed E-state index contributed by atoms with van der Waals surface area (Å²) in [6.07, 6.45) is 0.991. The standard InChI is InChI=1S/C14H10O7/c1-2-11(15)19-5-6-20-12(16)8-3-4-9-10(7-8)14(18)21-13(9)17/h2-4,7H,1,5-6H2. The molecule has 0 saturated heterocycles. The van der Waals surface area contributed by atoms with Crippen molar-refractivity contribution in [3.8, 4) is 0 Å². The minimum atomic E-state index is -0.801. The zero-order valence-corrected chi connectivity index (χ0v) is 10.8. The Kier molecular flexibility index (Phi) is 4.13. The number of rotatable bonds is 5. The van der Waals surface area contributed by atoms with Gasteiger partial charge in [-0.15, -0.1) is 0 Å². The molecule has 108 valence electrons. The van der Waals surface area contributed by atoms with E-state index in [1.807, 2.05) is 0 Å². The van der Waals surface area contributed by atoms with Crippen LogP contribution in [0.15, 0.2) is 30.9 Å². The third kappa shape index (κ3) is 3.14. The molecule has 1 aromatic rings. The summed E-state index contributed by atoms with van der Waals surface area (Å²) in [5.74, 6) is -2.87. The minimum Gasteiger partial charge on any atom is -0.459 e. The zero-order chi connectivity index (χ0) is 15.4. The van der Waals surface area contributed by atoms with Crippen molar-refractivity contribution in [1.82, 2.24) is 0 Å². The lowest BCUT2D eigenvalue weighted by Gasteiger charge is -2.05. The molecule has 0 radical (unpaired) electrons. The number of benzene rings is 1. The molecule has 0 N–H and O–H groups in total. The van der Waals surface area contributed by atoms with Gasteiger partial charge in [0.2, 0.25) is 0 Å². The van der Waals surface area contributed by atoms with Crippen LogP contribution >= 0.6 is 0 Å². The van der Waals surface area contributed by atoms with Gasteiger partial charge in [0.15, 0.2) is 0 Å². The highest BCUT2D eigenvalue weighted by Gasteiger charge is 2.30. The molecule has 0 amide bonds. The third-order valence-corrected chi connectivity index (χ3v) is 2.61. The van der Waals surface area contributed by atoms with E-state index >= 15 is 0 Å². The zero-order valence-electron chi connectivity index (χ0n) is 10.8. The highest BCUT2D eigenvalue weighted by molar-refractivity contribution is 6.15. The van der Waals surface area contributed by atoms with Crippen LogP contribution < -0.4 is 0 Å². The number of hydrogen-bond donors (Lipinski definition) is 0. The van der Waals surface area contributed by atoms with Crippen LogP contribution in [-0.2, 0) is 19.0 Å². The lowest BCUT2D eigenvalue weighted by molar-refractivity contribution is -0.138. The SMILES string of the molecule is C=CC(=O)OCCOC(=O)c1ccc2c(c1)C(=O)OC2=O. The van der Waals surface area contributed by atoms with E-state index in [0.717, 1.165) is 6.08 Å². The molecule has 0 spiro atoms. The van der Waals surface area contributed by atoms with Crippen molar-refractivity contribution in [2.24, 2.45) is 0 Å². The van der Waals surface area contributed by atoms with E-state index in [9.17, 15) is 19.2 Å². The molecule has 2 rings (SSSR count). The summed E-state index contributed by atoms with van der Waals surface area (Å²) < 4.78 is 13.9. The van der Waals surface area contributed by atoms with Crippen molar-refractivity contribution in [3.05, 3.63) is 47.5 Å². The molecular formula is C14H10O7. The van der Waals surface area contributed by atoms with E-state index in [-0.39, 0.29) is 29.9 Å².